The largest absolute Gasteiger partial charge is 0.455 e. The second kappa shape index (κ2) is 5.88. The number of nitriles is 1. The minimum atomic E-state index is 0.151. The first-order chi connectivity index (χ1) is 9.96. The summed E-state index contributed by atoms with van der Waals surface area (Å²) >= 11 is 0. The Bertz CT molecular complexity index is 667. The fraction of sp³-hybridized carbons (Fsp3) is 0.278. The lowest BCUT2D eigenvalue weighted by molar-refractivity contribution is 0.480. The van der Waals surface area contributed by atoms with Crippen molar-refractivity contribution >= 4 is 5.69 Å². The van der Waals surface area contributed by atoms with Crippen LogP contribution in [0.3, 0.4) is 0 Å². The summed E-state index contributed by atoms with van der Waals surface area (Å²) < 4.78 is 5.78. The van der Waals surface area contributed by atoms with Crippen molar-refractivity contribution in [1.29, 1.82) is 5.26 Å². The third-order valence-electron chi connectivity index (χ3n) is 3.89. The molecule has 108 valence electrons. The maximum Gasteiger partial charge on any atom is 0.151 e. The average Bonchev–Trinajstić information content (AvgIpc) is 2.50. The van der Waals surface area contributed by atoms with Crippen molar-refractivity contribution in [3.05, 3.63) is 53.6 Å². The van der Waals surface area contributed by atoms with E-state index in [1.807, 2.05) is 12.1 Å². The monoisotopic (exact) mass is 280 g/mol. The minimum Gasteiger partial charge on any atom is -0.455 e. The zero-order valence-electron chi connectivity index (χ0n) is 12.7. The fourth-order valence-electron chi connectivity index (χ4n) is 2.00. The van der Waals surface area contributed by atoms with E-state index in [1.165, 1.54) is 5.56 Å². The quantitative estimate of drug-likeness (QED) is 0.831. The summed E-state index contributed by atoms with van der Waals surface area (Å²) in [5, 5.41) is 8.93. The van der Waals surface area contributed by atoms with E-state index >= 15 is 0 Å². The molecule has 0 aromatic heterocycles. The first-order valence-electron chi connectivity index (χ1n) is 7.04. The van der Waals surface area contributed by atoms with Crippen LogP contribution in [0, 0.1) is 11.3 Å². The molecule has 0 atom stereocenters. The van der Waals surface area contributed by atoms with Gasteiger partial charge in [-0.1, -0.05) is 32.9 Å². The highest BCUT2D eigenvalue weighted by molar-refractivity contribution is 5.57. The molecule has 0 radical (unpaired) electrons. The summed E-state index contributed by atoms with van der Waals surface area (Å²) in [4.78, 5) is 0. The van der Waals surface area contributed by atoms with Crippen LogP contribution in [0.1, 0.15) is 38.3 Å². The number of benzene rings is 2. The molecule has 0 heterocycles. The second-order valence-electron chi connectivity index (χ2n) is 5.73. The molecule has 0 saturated carbocycles. The minimum absolute atomic E-state index is 0.151. The van der Waals surface area contributed by atoms with Crippen LogP contribution in [0.5, 0.6) is 11.5 Å². The molecule has 0 unspecified atom stereocenters. The molecule has 0 spiro atoms. The lowest BCUT2D eigenvalue weighted by Gasteiger charge is -2.23. The summed E-state index contributed by atoms with van der Waals surface area (Å²) in [5.41, 5.74) is 8.35. The number of anilines is 1. The highest BCUT2D eigenvalue weighted by Crippen LogP contribution is 2.31. The summed E-state index contributed by atoms with van der Waals surface area (Å²) in [5.74, 6) is 1.23. The fourth-order valence-corrected chi connectivity index (χ4v) is 2.00. The van der Waals surface area contributed by atoms with E-state index in [0.29, 0.717) is 22.7 Å². The van der Waals surface area contributed by atoms with Gasteiger partial charge in [-0.25, -0.2) is 0 Å². The van der Waals surface area contributed by atoms with Crippen LogP contribution >= 0.6 is 0 Å². The summed E-state index contributed by atoms with van der Waals surface area (Å²) in [7, 11) is 0. The number of nitrogens with zero attached hydrogens (tertiary/aromatic N) is 1. The number of hydrogen-bond donors (Lipinski definition) is 1. The molecule has 3 nitrogen and oxygen atoms in total. The zero-order chi connectivity index (χ0) is 15.5. The van der Waals surface area contributed by atoms with Gasteiger partial charge in [-0.15, -0.1) is 0 Å². The van der Waals surface area contributed by atoms with Crippen LogP contribution in [0.4, 0.5) is 5.69 Å². The predicted octanol–water partition coefficient (Wildman–Crippen LogP) is 4.62. The molecule has 0 saturated heterocycles. The van der Waals surface area contributed by atoms with Crippen molar-refractivity contribution in [1.82, 2.24) is 0 Å². The molecular weight excluding hydrogens is 260 g/mol. The van der Waals surface area contributed by atoms with E-state index in [9.17, 15) is 0 Å². The van der Waals surface area contributed by atoms with Crippen LogP contribution in [0.15, 0.2) is 42.5 Å². The lowest BCUT2D eigenvalue weighted by Crippen LogP contribution is -2.14. The molecule has 3 heteroatoms. The van der Waals surface area contributed by atoms with Gasteiger partial charge in [0.05, 0.1) is 17.3 Å². The molecule has 2 N–H and O–H groups in total. The Hall–Kier alpha value is -2.47. The van der Waals surface area contributed by atoms with Crippen LogP contribution < -0.4 is 10.5 Å². The molecule has 0 fully saturated rings. The normalized spacial score (nSPS) is 11.0. The Balaban J connectivity index is 2.23. The lowest BCUT2D eigenvalue weighted by atomic mass is 9.82. The topological polar surface area (TPSA) is 59.0 Å². The molecule has 0 amide bonds. The average molecular weight is 280 g/mol. The van der Waals surface area contributed by atoms with E-state index < -0.39 is 0 Å². The maximum atomic E-state index is 8.93. The number of ether oxygens (including phenoxy) is 1. The van der Waals surface area contributed by atoms with Gasteiger partial charge in [0.2, 0.25) is 0 Å². The van der Waals surface area contributed by atoms with Crippen molar-refractivity contribution in [2.75, 3.05) is 5.73 Å². The van der Waals surface area contributed by atoms with Gasteiger partial charge in [0.15, 0.2) is 5.75 Å². The molecule has 0 aliphatic carbocycles. The van der Waals surface area contributed by atoms with Crippen molar-refractivity contribution < 1.29 is 4.74 Å². The molecule has 2 aromatic rings. The first kappa shape index (κ1) is 14.9. The highest BCUT2D eigenvalue weighted by Gasteiger charge is 2.17. The van der Waals surface area contributed by atoms with E-state index in [-0.39, 0.29) is 5.41 Å². The van der Waals surface area contributed by atoms with Gasteiger partial charge in [-0.2, -0.15) is 5.26 Å². The van der Waals surface area contributed by atoms with Gasteiger partial charge < -0.3 is 10.5 Å². The summed E-state index contributed by atoms with van der Waals surface area (Å²) in [6.07, 6.45) is 1.07. The SMILES string of the molecule is CCC(C)(C)c1ccc(Oc2cc(C#N)ccc2N)cc1. The van der Waals surface area contributed by atoms with E-state index in [1.54, 1.807) is 18.2 Å². The summed E-state index contributed by atoms with van der Waals surface area (Å²) in [6, 6.07) is 15.1. The number of nitrogen functional groups attached to an aromatic ring is 1. The molecular formula is C18H20N2O. The highest BCUT2D eigenvalue weighted by atomic mass is 16.5. The number of rotatable bonds is 4. The van der Waals surface area contributed by atoms with Gasteiger partial charge in [-0.05, 0) is 41.7 Å². The Morgan fingerprint density at radius 1 is 1.14 bits per heavy atom. The van der Waals surface area contributed by atoms with Crippen molar-refractivity contribution in [2.24, 2.45) is 0 Å². The van der Waals surface area contributed by atoms with E-state index in [2.05, 4.69) is 39.0 Å². The van der Waals surface area contributed by atoms with Crippen LogP contribution in [-0.2, 0) is 5.41 Å². The van der Waals surface area contributed by atoms with Crippen LogP contribution in [0.2, 0.25) is 0 Å². The molecule has 0 aliphatic rings. The van der Waals surface area contributed by atoms with Gasteiger partial charge in [-0.3, -0.25) is 0 Å². The molecule has 2 aromatic carbocycles. The Labute approximate surface area is 126 Å². The molecule has 2 rings (SSSR count). The van der Waals surface area contributed by atoms with Gasteiger partial charge in [0.25, 0.3) is 0 Å². The second-order valence-corrected chi connectivity index (χ2v) is 5.73. The van der Waals surface area contributed by atoms with Crippen molar-refractivity contribution in [3.8, 4) is 17.6 Å². The molecule has 0 aliphatic heterocycles. The van der Waals surface area contributed by atoms with Gasteiger partial charge in [0.1, 0.15) is 5.75 Å². The van der Waals surface area contributed by atoms with E-state index in [0.717, 1.165) is 6.42 Å². The van der Waals surface area contributed by atoms with Gasteiger partial charge >= 0.3 is 0 Å². The third-order valence-corrected chi connectivity index (χ3v) is 3.89. The Morgan fingerprint density at radius 3 is 2.38 bits per heavy atom. The Kier molecular flexibility index (Phi) is 4.18. The first-order valence-corrected chi connectivity index (χ1v) is 7.04. The summed E-state index contributed by atoms with van der Waals surface area (Å²) in [6.45, 7) is 6.62. The third kappa shape index (κ3) is 3.35. The molecule has 21 heavy (non-hydrogen) atoms. The smallest absolute Gasteiger partial charge is 0.151 e. The predicted molar refractivity (Wildman–Crippen MR) is 85.4 cm³/mol. The number of nitrogens with two attached hydrogens (primary N) is 1. The van der Waals surface area contributed by atoms with E-state index in [4.69, 9.17) is 15.7 Å². The van der Waals surface area contributed by atoms with Crippen molar-refractivity contribution in [3.63, 3.8) is 0 Å². The molecule has 0 bridgehead atoms. The van der Waals surface area contributed by atoms with Gasteiger partial charge in [0, 0.05) is 6.07 Å². The van der Waals surface area contributed by atoms with Crippen LogP contribution in [-0.4, -0.2) is 0 Å². The van der Waals surface area contributed by atoms with Crippen molar-refractivity contribution in [2.45, 2.75) is 32.6 Å². The van der Waals surface area contributed by atoms with Crippen LogP contribution in [0.25, 0.3) is 0 Å². The zero-order valence-corrected chi connectivity index (χ0v) is 12.7. The standard InChI is InChI=1S/C18H20N2O/c1-4-18(2,3)14-6-8-15(9-7-14)21-17-11-13(12-19)5-10-16(17)20/h5-11H,4,20H2,1-3H3. The Morgan fingerprint density at radius 2 is 1.81 bits per heavy atom. The number of hydrogen-bond acceptors (Lipinski definition) is 3. The maximum absolute atomic E-state index is 8.93.